The number of hydrogen-bond acceptors (Lipinski definition) is 7. The van der Waals surface area contributed by atoms with Crippen molar-refractivity contribution in [2.24, 2.45) is 0 Å². The molecule has 10 aromatic rings. The van der Waals surface area contributed by atoms with Gasteiger partial charge >= 0.3 is 17.2 Å². The molecule has 0 bridgehead atoms. The van der Waals surface area contributed by atoms with Crippen molar-refractivity contribution in [3.8, 4) is 34.5 Å². The Hall–Kier alpha value is -7.43. The third-order valence-electron chi connectivity index (χ3n) is 10.5. The number of aryl methyl sites for hydroxylation is 1. The van der Waals surface area contributed by atoms with Crippen LogP contribution in [0.25, 0.3) is 43.1 Å². The molecule has 0 saturated carbocycles. The second-order valence-corrected chi connectivity index (χ2v) is 16.8. The summed E-state index contributed by atoms with van der Waals surface area (Å²) >= 11 is 0. The lowest BCUT2D eigenvalue weighted by Crippen LogP contribution is -2.10. The average Bonchev–Trinajstić information content (AvgIpc) is 3.32. The van der Waals surface area contributed by atoms with Gasteiger partial charge in [0.05, 0.1) is 11.1 Å². The van der Waals surface area contributed by atoms with Crippen molar-refractivity contribution in [3.63, 3.8) is 0 Å². The molecule has 0 aliphatic heterocycles. The third kappa shape index (κ3) is 8.98. The molecule has 0 aromatic heterocycles. The van der Waals surface area contributed by atoms with Gasteiger partial charge in [-0.3, -0.25) is 4.79 Å². The minimum Gasteiger partial charge on any atom is -0.408 e. The second kappa shape index (κ2) is 17.9. The Labute approximate surface area is 367 Å². The highest BCUT2D eigenvalue weighted by Crippen LogP contribution is 2.48. The molecule has 7 nitrogen and oxygen atoms in total. The molecule has 0 aliphatic rings. The van der Waals surface area contributed by atoms with E-state index in [9.17, 15) is 4.79 Å². The lowest BCUT2D eigenvalue weighted by atomic mass is 10.00. The number of para-hydroxylation sites is 2. The van der Waals surface area contributed by atoms with E-state index in [1.807, 2.05) is 195 Å². The maximum atomic E-state index is 14.9. The highest BCUT2D eigenvalue weighted by Gasteiger charge is 2.29. The van der Waals surface area contributed by atoms with Crippen molar-refractivity contribution >= 4 is 66.1 Å². The van der Waals surface area contributed by atoms with E-state index in [1.165, 1.54) is 0 Å². The number of rotatable bonds is 14. The van der Waals surface area contributed by atoms with Crippen LogP contribution in [0.5, 0.6) is 34.5 Å². The molecule has 0 fully saturated rings. The van der Waals surface area contributed by atoms with Gasteiger partial charge in [0.25, 0.3) is 0 Å². The smallest absolute Gasteiger partial charge is 0.408 e. The summed E-state index contributed by atoms with van der Waals surface area (Å²) in [5.74, 6) is 2.52. The first-order valence-corrected chi connectivity index (χ1v) is 22.5. The van der Waals surface area contributed by atoms with Crippen LogP contribution in [0, 0.1) is 6.92 Å². The Morgan fingerprint density at radius 3 is 1.11 bits per heavy atom. The number of carbonyl (C=O) groups is 1. The Morgan fingerprint density at radius 2 is 0.683 bits per heavy atom. The number of carbonyl (C=O) groups excluding carboxylic acids is 1. The molecule has 0 saturated heterocycles. The van der Waals surface area contributed by atoms with Gasteiger partial charge in [0.2, 0.25) is 5.78 Å². The normalized spacial score (nSPS) is 11.3. The van der Waals surface area contributed by atoms with E-state index in [1.54, 1.807) is 24.3 Å². The fraction of sp³-hybridized carbons (Fsp3) is 0.0185. The van der Waals surface area contributed by atoms with Gasteiger partial charge in [0.1, 0.15) is 34.5 Å². The molecule has 0 aliphatic carbocycles. The quantitative estimate of drug-likeness (QED) is 0.0796. The van der Waals surface area contributed by atoms with E-state index < -0.39 is 17.2 Å². The third-order valence-corrected chi connectivity index (χ3v) is 12.6. The molecule has 0 unspecified atom stereocenters. The summed E-state index contributed by atoms with van der Waals surface area (Å²) in [6, 6.07) is 68.1. The summed E-state index contributed by atoms with van der Waals surface area (Å²) in [4.78, 5) is 14.9. The van der Waals surface area contributed by atoms with E-state index >= 15 is 0 Å². The van der Waals surface area contributed by atoms with Gasteiger partial charge < -0.3 is 27.1 Å². The fourth-order valence-corrected chi connectivity index (χ4v) is 9.42. The molecule has 0 spiro atoms. The minimum absolute atomic E-state index is 0.282. The molecule has 306 valence electrons. The number of fused-ring (bicyclic) bond motifs is 4. The first-order chi connectivity index (χ1) is 31.0. The lowest BCUT2D eigenvalue weighted by Gasteiger charge is -2.22. The molecule has 0 N–H and O–H groups in total. The molecule has 10 aromatic carbocycles. The van der Waals surface area contributed by atoms with Crippen molar-refractivity contribution in [1.29, 1.82) is 0 Å². The Bertz CT molecular complexity index is 3120. The Balaban J connectivity index is 0.978. The SMILES string of the molecule is Cc1cccc(C(=O)c2ccccc2OP(Oc2ccc3ccccc3c2)Oc2ccc3ccccc3c2)c1OP(Oc1ccc2ccccc2c1)Oc1ccc2ccccc2c1. The highest BCUT2D eigenvalue weighted by atomic mass is 31.2. The second-order valence-electron chi connectivity index (χ2n) is 14.8. The monoisotopic (exact) mass is 860 g/mol. The van der Waals surface area contributed by atoms with Crippen LogP contribution >= 0.6 is 17.2 Å². The zero-order valence-corrected chi connectivity index (χ0v) is 35.7. The van der Waals surface area contributed by atoms with Crippen molar-refractivity contribution < 1.29 is 31.9 Å². The fourth-order valence-electron chi connectivity index (χ4n) is 7.34. The number of hydrogen-bond donors (Lipinski definition) is 0. The van der Waals surface area contributed by atoms with Crippen LogP contribution in [-0.4, -0.2) is 5.78 Å². The molecule has 0 amide bonds. The maximum absolute atomic E-state index is 14.9. The topological polar surface area (TPSA) is 72.5 Å². The van der Waals surface area contributed by atoms with Gasteiger partial charge in [-0.05, 0) is 122 Å². The summed E-state index contributed by atoms with van der Waals surface area (Å²) in [6.45, 7) is 1.89. The van der Waals surface area contributed by atoms with E-state index in [4.69, 9.17) is 27.1 Å². The van der Waals surface area contributed by atoms with E-state index in [2.05, 4.69) is 0 Å². The summed E-state index contributed by atoms with van der Waals surface area (Å²) in [5.41, 5.74) is 1.32. The van der Waals surface area contributed by atoms with Gasteiger partial charge in [-0.1, -0.05) is 146 Å². The van der Waals surface area contributed by atoms with Crippen molar-refractivity contribution in [1.82, 2.24) is 0 Å². The predicted octanol–water partition coefficient (Wildman–Crippen LogP) is 15.4. The molecule has 9 heteroatoms. The molecule has 0 atom stereocenters. The van der Waals surface area contributed by atoms with Crippen molar-refractivity contribution in [3.05, 3.63) is 229 Å². The molecular weight excluding hydrogens is 823 g/mol. The zero-order valence-electron chi connectivity index (χ0n) is 34.0. The van der Waals surface area contributed by atoms with E-state index in [0.29, 0.717) is 39.9 Å². The van der Waals surface area contributed by atoms with Gasteiger partial charge in [-0.25, -0.2) is 0 Å². The molecule has 63 heavy (non-hydrogen) atoms. The average molecular weight is 861 g/mol. The first-order valence-electron chi connectivity index (χ1n) is 20.4. The largest absolute Gasteiger partial charge is 0.530 e. The summed E-state index contributed by atoms with van der Waals surface area (Å²) in [6.07, 6.45) is 0. The van der Waals surface area contributed by atoms with Crippen LogP contribution in [0.2, 0.25) is 0 Å². The van der Waals surface area contributed by atoms with Crippen molar-refractivity contribution in [2.45, 2.75) is 6.92 Å². The summed E-state index contributed by atoms with van der Waals surface area (Å²) < 4.78 is 39.4. The standard InChI is InChI=1S/C54H38O7P2/c1-37-13-12-23-51(54(37)61-63(58-48-31-27-40-16-4-8-20-44(40)35-48)59-49-32-28-41-17-5-9-21-45(41)36-49)53(55)50-22-10-11-24-52(50)60-62(56-46-29-25-38-14-2-6-18-42(38)33-46)57-47-30-26-39-15-3-7-19-43(39)34-47/h2-36H,1H3. The predicted molar refractivity (Wildman–Crippen MR) is 254 cm³/mol. The Morgan fingerprint density at radius 1 is 0.333 bits per heavy atom. The van der Waals surface area contributed by atoms with E-state index in [0.717, 1.165) is 48.7 Å². The van der Waals surface area contributed by atoms with Crippen LogP contribution in [0.4, 0.5) is 0 Å². The summed E-state index contributed by atoms with van der Waals surface area (Å²) in [5, 5.41) is 8.33. The van der Waals surface area contributed by atoms with Crippen LogP contribution < -0.4 is 27.1 Å². The van der Waals surface area contributed by atoms with Gasteiger partial charge in [-0.15, -0.1) is 0 Å². The van der Waals surface area contributed by atoms with Crippen LogP contribution in [0.3, 0.4) is 0 Å². The van der Waals surface area contributed by atoms with Gasteiger partial charge in [0, 0.05) is 0 Å². The van der Waals surface area contributed by atoms with E-state index in [-0.39, 0.29) is 11.5 Å². The van der Waals surface area contributed by atoms with Gasteiger partial charge in [0.15, 0.2) is 0 Å². The van der Waals surface area contributed by atoms with Gasteiger partial charge in [-0.2, -0.15) is 0 Å². The minimum atomic E-state index is -2.15. The lowest BCUT2D eigenvalue weighted by molar-refractivity contribution is 0.103. The summed E-state index contributed by atoms with van der Waals surface area (Å²) in [7, 11) is -4.29. The Kier molecular flexibility index (Phi) is 11.3. The number of benzene rings is 10. The zero-order chi connectivity index (χ0) is 42.5. The molecule has 0 radical (unpaired) electrons. The van der Waals surface area contributed by atoms with Crippen LogP contribution in [0.15, 0.2) is 212 Å². The molecular formula is C54H38O7P2. The highest BCUT2D eigenvalue weighted by molar-refractivity contribution is 7.43. The molecule has 10 rings (SSSR count). The van der Waals surface area contributed by atoms with Crippen molar-refractivity contribution in [2.75, 3.05) is 0 Å². The number of ketones is 1. The maximum Gasteiger partial charge on any atom is 0.530 e. The molecule has 0 heterocycles. The van der Waals surface area contributed by atoms with Crippen LogP contribution in [-0.2, 0) is 0 Å². The first kappa shape index (κ1) is 39.7. The van der Waals surface area contributed by atoms with Crippen LogP contribution in [0.1, 0.15) is 21.5 Å².